The largest absolute Gasteiger partial charge is 0.363 e. The molecule has 0 spiro atoms. The Morgan fingerprint density at radius 1 is 1.46 bits per heavy atom. The van der Waals surface area contributed by atoms with E-state index >= 15 is 0 Å². The lowest BCUT2D eigenvalue weighted by Gasteiger charge is -2.11. The minimum absolute atomic E-state index is 0.0418. The first-order valence-electron chi connectivity index (χ1n) is 4.30. The Labute approximate surface area is 78.0 Å². The monoisotopic (exact) mass is 175 g/mol. The molecule has 0 aliphatic heterocycles. The summed E-state index contributed by atoms with van der Waals surface area (Å²) >= 11 is 0. The molecule has 2 N–H and O–H groups in total. The highest BCUT2D eigenvalue weighted by atomic mass is 15.1. The second-order valence-corrected chi connectivity index (χ2v) is 2.68. The van der Waals surface area contributed by atoms with Gasteiger partial charge >= 0.3 is 0 Å². The molecule has 3 nitrogen and oxygen atoms in total. The maximum atomic E-state index is 6.75. The molecule has 0 radical (unpaired) electrons. The minimum atomic E-state index is -0.0418. The van der Waals surface area contributed by atoms with Crippen molar-refractivity contribution >= 4 is 11.7 Å². The van der Waals surface area contributed by atoms with Gasteiger partial charge in [-0.2, -0.15) is 0 Å². The van der Waals surface area contributed by atoms with Crippen molar-refractivity contribution < 1.29 is 0 Å². The third-order valence-electron chi connectivity index (χ3n) is 1.71. The van der Waals surface area contributed by atoms with Gasteiger partial charge in [-0.15, -0.1) is 0 Å². The predicted octanol–water partition coefficient (Wildman–Crippen LogP) is 2.59. The lowest BCUT2D eigenvalue weighted by molar-refractivity contribution is 0.735. The number of hydrogen-bond acceptors (Lipinski definition) is 3. The van der Waals surface area contributed by atoms with Crippen LogP contribution in [-0.2, 0) is 0 Å². The van der Waals surface area contributed by atoms with Gasteiger partial charge in [-0.3, -0.25) is 0 Å². The summed E-state index contributed by atoms with van der Waals surface area (Å²) in [5.41, 5.74) is 1.02. The smallest absolute Gasteiger partial charge is 0.129 e. The SMILES string of the molecule is CCC(N=C=N)Nc1ccccc1. The molecule has 0 fully saturated rings. The summed E-state index contributed by atoms with van der Waals surface area (Å²) in [5, 5.41) is 9.93. The van der Waals surface area contributed by atoms with Gasteiger partial charge in [0.25, 0.3) is 0 Å². The summed E-state index contributed by atoms with van der Waals surface area (Å²) in [5.74, 6) is 0. The fourth-order valence-electron chi connectivity index (χ4n) is 1.03. The first-order valence-corrected chi connectivity index (χ1v) is 4.30. The predicted molar refractivity (Wildman–Crippen MR) is 54.3 cm³/mol. The molecule has 0 aliphatic rings. The third kappa shape index (κ3) is 3.09. The quantitative estimate of drug-likeness (QED) is 0.679. The van der Waals surface area contributed by atoms with E-state index in [1.165, 1.54) is 0 Å². The number of anilines is 1. The van der Waals surface area contributed by atoms with Crippen molar-refractivity contribution in [2.45, 2.75) is 19.5 Å². The summed E-state index contributed by atoms with van der Waals surface area (Å²) in [6.07, 6.45) is 0.806. The van der Waals surface area contributed by atoms with Crippen molar-refractivity contribution in [1.82, 2.24) is 0 Å². The second-order valence-electron chi connectivity index (χ2n) is 2.68. The first-order chi connectivity index (χ1) is 6.36. The van der Waals surface area contributed by atoms with E-state index in [1.54, 1.807) is 0 Å². The average molecular weight is 175 g/mol. The molecule has 1 aromatic rings. The van der Waals surface area contributed by atoms with Crippen LogP contribution in [0, 0.1) is 5.41 Å². The second kappa shape index (κ2) is 5.12. The molecule has 1 unspecified atom stereocenters. The maximum absolute atomic E-state index is 6.75. The van der Waals surface area contributed by atoms with Crippen molar-refractivity contribution in [3.8, 4) is 0 Å². The van der Waals surface area contributed by atoms with Gasteiger partial charge in [-0.25, -0.2) is 10.4 Å². The van der Waals surface area contributed by atoms with Gasteiger partial charge in [0, 0.05) is 5.69 Å². The summed E-state index contributed by atoms with van der Waals surface area (Å²) in [6, 6.07) is 11.9. The van der Waals surface area contributed by atoms with E-state index < -0.39 is 0 Å². The lowest BCUT2D eigenvalue weighted by Crippen LogP contribution is -2.14. The van der Waals surface area contributed by atoms with E-state index in [1.807, 2.05) is 37.3 Å². The summed E-state index contributed by atoms with van der Waals surface area (Å²) in [7, 11) is 0. The van der Waals surface area contributed by atoms with Crippen molar-refractivity contribution in [3.63, 3.8) is 0 Å². The molecule has 0 amide bonds. The zero-order chi connectivity index (χ0) is 9.52. The number of hydrogen-bond donors (Lipinski definition) is 2. The Morgan fingerprint density at radius 3 is 2.69 bits per heavy atom. The molecule has 0 aromatic heterocycles. The Kier molecular flexibility index (Phi) is 3.74. The van der Waals surface area contributed by atoms with Crippen LogP contribution in [-0.4, -0.2) is 12.2 Å². The number of benzene rings is 1. The van der Waals surface area contributed by atoms with E-state index in [4.69, 9.17) is 5.41 Å². The first kappa shape index (κ1) is 9.49. The fourth-order valence-corrected chi connectivity index (χ4v) is 1.03. The van der Waals surface area contributed by atoms with Crippen LogP contribution in [0.5, 0.6) is 0 Å². The molecule has 3 heteroatoms. The Balaban J connectivity index is 2.61. The fraction of sp³-hybridized carbons (Fsp3) is 0.300. The number of para-hydroxylation sites is 1. The van der Waals surface area contributed by atoms with Crippen LogP contribution in [0.4, 0.5) is 5.69 Å². The Morgan fingerprint density at radius 2 is 2.15 bits per heavy atom. The topological polar surface area (TPSA) is 48.2 Å². The molecule has 1 aromatic carbocycles. The summed E-state index contributed by atoms with van der Waals surface area (Å²) in [6.45, 7) is 2.02. The van der Waals surface area contributed by atoms with E-state index in [-0.39, 0.29) is 6.17 Å². The number of nitrogens with one attached hydrogen (secondary N) is 2. The van der Waals surface area contributed by atoms with Crippen LogP contribution in [0.25, 0.3) is 0 Å². The van der Waals surface area contributed by atoms with Gasteiger partial charge in [0.2, 0.25) is 0 Å². The molecule has 13 heavy (non-hydrogen) atoms. The van der Waals surface area contributed by atoms with Crippen molar-refractivity contribution in [3.05, 3.63) is 30.3 Å². The lowest BCUT2D eigenvalue weighted by atomic mass is 10.3. The highest BCUT2D eigenvalue weighted by Gasteiger charge is 2.00. The Hall–Kier alpha value is -1.60. The third-order valence-corrected chi connectivity index (χ3v) is 1.71. The van der Waals surface area contributed by atoms with E-state index in [0.29, 0.717) is 0 Å². The van der Waals surface area contributed by atoms with Crippen LogP contribution in [0.2, 0.25) is 0 Å². The molecular weight excluding hydrogens is 162 g/mol. The zero-order valence-electron chi connectivity index (χ0n) is 7.62. The van der Waals surface area contributed by atoms with Crippen molar-refractivity contribution in [1.29, 1.82) is 5.41 Å². The molecule has 0 heterocycles. The van der Waals surface area contributed by atoms with Gasteiger partial charge in [-0.1, -0.05) is 25.1 Å². The molecule has 0 saturated carbocycles. The van der Waals surface area contributed by atoms with Crippen LogP contribution in [0.1, 0.15) is 13.3 Å². The molecule has 0 aliphatic carbocycles. The highest BCUT2D eigenvalue weighted by molar-refractivity contribution is 5.45. The molecule has 1 atom stereocenters. The van der Waals surface area contributed by atoms with E-state index in [2.05, 4.69) is 16.3 Å². The van der Waals surface area contributed by atoms with Crippen molar-refractivity contribution in [2.24, 2.45) is 4.99 Å². The standard InChI is InChI=1S/C10H13N3/c1-2-10(12-8-11)13-9-6-4-3-5-7-9/h3-7,10-11,13H,2H2,1H3. The van der Waals surface area contributed by atoms with Gasteiger partial charge in [0.05, 0.1) is 6.01 Å². The zero-order valence-corrected chi connectivity index (χ0v) is 7.62. The molecule has 68 valence electrons. The van der Waals surface area contributed by atoms with Gasteiger partial charge in [0.15, 0.2) is 0 Å². The number of aliphatic imine (C=N–C) groups is 1. The summed E-state index contributed by atoms with van der Waals surface area (Å²) in [4.78, 5) is 3.84. The average Bonchev–Trinajstić information content (AvgIpc) is 2.19. The van der Waals surface area contributed by atoms with Crippen LogP contribution < -0.4 is 5.32 Å². The Bertz CT molecular complexity index is 288. The normalized spacial score (nSPS) is 11.5. The van der Waals surface area contributed by atoms with Crippen LogP contribution in [0.3, 0.4) is 0 Å². The molecule has 0 bridgehead atoms. The summed E-state index contributed by atoms with van der Waals surface area (Å²) < 4.78 is 0. The number of nitrogens with zero attached hydrogens (tertiary/aromatic N) is 1. The molecular formula is C10H13N3. The number of rotatable bonds is 4. The minimum Gasteiger partial charge on any atom is -0.363 e. The maximum Gasteiger partial charge on any atom is 0.129 e. The molecule has 0 saturated heterocycles. The van der Waals surface area contributed by atoms with Crippen LogP contribution in [0.15, 0.2) is 35.3 Å². The van der Waals surface area contributed by atoms with E-state index in [0.717, 1.165) is 12.1 Å². The highest BCUT2D eigenvalue weighted by Crippen LogP contribution is 2.08. The van der Waals surface area contributed by atoms with Gasteiger partial charge < -0.3 is 5.32 Å². The van der Waals surface area contributed by atoms with E-state index in [9.17, 15) is 0 Å². The molecule has 1 rings (SSSR count). The van der Waals surface area contributed by atoms with Crippen LogP contribution >= 0.6 is 0 Å². The van der Waals surface area contributed by atoms with Gasteiger partial charge in [0.1, 0.15) is 6.17 Å². The van der Waals surface area contributed by atoms with Gasteiger partial charge in [-0.05, 0) is 18.6 Å². The van der Waals surface area contributed by atoms with Crippen molar-refractivity contribution in [2.75, 3.05) is 5.32 Å².